The number of anilines is 1. The van der Waals surface area contributed by atoms with Gasteiger partial charge >= 0.3 is 0 Å². The first-order valence-corrected chi connectivity index (χ1v) is 8.63. The zero-order valence-electron chi connectivity index (χ0n) is 14.7. The molecule has 26 heavy (non-hydrogen) atoms. The molecular weight excluding hydrogens is 346 g/mol. The second-order valence-corrected chi connectivity index (χ2v) is 6.03. The number of hydrogen-bond acceptors (Lipinski definition) is 3. The van der Waals surface area contributed by atoms with E-state index in [-0.39, 0.29) is 16.9 Å². The van der Waals surface area contributed by atoms with E-state index in [1.165, 1.54) is 6.08 Å². The van der Waals surface area contributed by atoms with E-state index in [1.807, 2.05) is 38.1 Å². The molecule has 0 aliphatic heterocycles. The largest absolute Gasteiger partial charge is 0.352 e. The highest BCUT2D eigenvalue weighted by Gasteiger charge is 2.05. The van der Waals surface area contributed by atoms with Gasteiger partial charge in [-0.25, -0.2) is 0 Å². The number of rotatable bonds is 5. The molecule has 0 unspecified atom stereocenters. The summed E-state index contributed by atoms with van der Waals surface area (Å²) in [7, 11) is 0. The van der Waals surface area contributed by atoms with Gasteiger partial charge in [-0.3, -0.25) is 14.9 Å². The van der Waals surface area contributed by atoms with Gasteiger partial charge in [-0.1, -0.05) is 29.8 Å². The minimum atomic E-state index is -0.318. The average Bonchev–Trinajstić information content (AvgIpc) is 2.62. The van der Waals surface area contributed by atoms with Gasteiger partial charge in [0.25, 0.3) is 5.91 Å². The van der Waals surface area contributed by atoms with Gasteiger partial charge in [0, 0.05) is 23.9 Å². The predicted molar refractivity (Wildman–Crippen MR) is 109 cm³/mol. The molecule has 0 saturated heterocycles. The monoisotopic (exact) mass is 367 g/mol. The van der Waals surface area contributed by atoms with E-state index in [0.717, 1.165) is 11.1 Å². The van der Waals surface area contributed by atoms with Crippen molar-refractivity contribution in [2.45, 2.75) is 13.8 Å². The predicted octanol–water partition coefficient (Wildman–Crippen LogP) is 3.27. The summed E-state index contributed by atoms with van der Waals surface area (Å²) >= 11 is 5.13. The minimum Gasteiger partial charge on any atom is -0.352 e. The molecule has 0 aromatic heterocycles. The van der Waals surface area contributed by atoms with Gasteiger partial charge in [0.15, 0.2) is 5.11 Å². The number of carbonyl (C=O) groups is 2. The van der Waals surface area contributed by atoms with Crippen molar-refractivity contribution in [2.75, 3.05) is 11.9 Å². The maximum atomic E-state index is 11.9. The topological polar surface area (TPSA) is 70.2 Å². The van der Waals surface area contributed by atoms with Crippen LogP contribution in [0.25, 0.3) is 6.08 Å². The number of nitrogens with one attached hydrogen (secondary N) is 3. The van der Waals surface area contributed by atoms with Gasteiger partial charge in [-0.15, -0.1) is 0 Å². The van der Waals surface area contributed by atoms with Crippen LogP contribution in [-0.2, 0) is 4.79 Å². The van der Waals surface area contributed by atoms with Gasteiger partial charge in [0.1, 0.15) is 0 Å². The number of carbonyl (C=O) groups excluding carboxylic acids is 2. The highest BCUT2D eigenvalue weighted by molar-refractivity contribution is 7.80. The van der Waals surface area contributed by atoms with Crippen LogP contribution in [0.2, 0.25) is 0 Å². The first-order chi connectivity index (χ1) is 12.5. The summed E-state index contributed by atoms with van der Waals surface area (Å²) in [5.74, 6) is -0.446. The summed E-state index contributed by atoms with van der Waals surface area (Å²) in [6.45, 7) is 4.44. The molecule has 5 nitrogen and oxygen atoms in total. The number of benzene rings is 2. The van der Waals surface area contributed by atoms with Gasteiger partial charge in [-0.2, -0.15) is 0 Å². The molecule has 0 fully saturated rings. The first-order valence-electron chi connectivity index (χ1n) is 8.23. The molecule has 0 aliphatic carbocycles. The minimum absolute atomic E-state index is 0.129. The summed E-state index contributed by atoms with van der Waals surface area (Å²) < 4.78 is 0. The maximum Gasteiger partial charge on any atom is 0.251 e. The Morgan fingerprint density at radius 1 is 1.04 bits per heavy atom. The Morgan fingerprint density at radius 2 is 1.69 bits per heavy atom. The van der Waals surface area contributed by atoms with Crippen LogP contribution < -0.4 is 16.0 Å². The fraction of sp³-hybridized carbons (Fsp3) is 0.150. The van der Waals surface area contributed by atoms with Gasteiger partial charge in [0.05, 0.1) is 0 Å². The third kappa shape index (κ3) is 6.14. The molecule has 0 bridgehead atoms. The molecule has 0 saturated carbocycles. The van der Waals surface area contributed by atoms with Crippen LogP contribution in [0.1, 0.15) is 28.4 Å². The Kier molecular flexibility index (Phi) is 7.05. The quantitative estimate of drug-likeness (QED) is 0.560. The van der Waals surface area contributed by atoms with E-state index >= 15 is 0 Å². The summed E-state index contributed by atoms with van der Waals surface area (Å²) in [5.41, 5.74) is 3.35. The second kappa shape index (κ2) is 9.48. The van der Waals surface area contributed by atoms with Gasteiger partial charge in [0.2, 0.25) is 5.91 Å². The second-order valence-electron chi connectivity index (χ2n) is 5.62. The molecule has 0 radical (unpaired) electrons. The first kappa shape index (κ1) is 19.3. The molecule has 3 N–H and O–H groups in total. The number of amides is 2. The van der Waals surface area contributed by atoms with Crippen LogP contribution >= 0.6 is 12.2 Å². The molecule has 134 valence electrons. The Labute approximate surface area is 158 Å². The summed E-state index contributed by atoms with van der Waals surface area (Å²) in [5, 5.41) is 8.41. The zero-order valence-corrected chi connectivity index (χ0v) is 15.5. The van der Waals surface area contributed by atoms with E-state index in [2.05, 4.69) is 16.0 Å². The molecule has 0 heterocycles. The van der Waals surface area contributed by atoms with Crippen LogP contribution in [0, 0.1) is 6.92 Å². The van der Waals surface area contributed by atoms with E-state index in [4.69, 9.17) is 12.2 Å². The lowest BCUT2D eigenvalue weighted by Gasteiger charge is -2.09. The SMILES string of the molecule is CCNC(=O)c1ccc(NC(=S)NC(=O)/C=C/c2ccc(C)cc2)cc1. The van der Waals surface area contributed by atoms with Crippen LogP contribution in [0.4, 0.5) is 5.69 Å². The molecule has 6 heteroatoms. The van der Waals surface area contributed by atoms with E-state index in [9.17, 15) is 9.59 Å². The number of hydrogen-bond donors (Lipinski definition) is 3. The maximum absolute atomic E-state index is 11.9. The Morgan fingerprint density at radius 3 is 2.31 bits per heavy atom. The highest BCUT2D eigenvalue weighted by Crippen LogP contribution is 2.09. The summed E-state index contributed by atoms with van der Waals surface area (Å²) in [6.07, 6.45) is 3.15. The van der Waals surface area contributed by atoms with E-state index in [1.54, 1.807) is 30.3 Å². The van der Waals surface area contributed by atoms with Crippen molar-refractivity contribution >= 4 is 40.9 Å². The molecule has 0 aliphatic rings. The number of thiocarbonyl (C=S) groups is 1. The lowest BCUT2D eigenvalue weighted by Crippen LogP contribution is -2.32. The van der Waals surface area contributed by atoms with Crippen molar-refractivity contribution in [1.82, 2.24) is 10.6 Å². The van der Waals surface area contributed by atoms with Crippen molar-refractivity contribution in [3.05, 3.63) is 71.3 Å². The average molecular weight is 367 g/mol. The van der Waals surface area contributed by atoms with Crippen molar-refractivity contribution in [3.8, 4) is 0 Å². The van der Waals surface area contributed by atoms with E-state index < -0.39 is 0 Å². The van der Waals surface area contributed by atoms with Crippen LogP contribution in [-0.4, -0.2) is 23.5 Å². The fourth-order valence-corrected chi connectivity index (χ4v) is 2.35. The smallest absolute Gasteiger partial charge is 0.251 e. The van der Waals surface area contributed by atoms with Crippen molar-refractivity contribution in [2.24, 2.45) is 0 Å². The lowest BCUT2D eigenvalue weighted by atomic mass is 10.1. The molecule has 2 aromatic carbocycles. The molecular formula is C20H21N3O2S. The summed E-state index contributed by atoms with van der Waals surface area (Å²) in [4.78, 5) is 23.6. The van der Waals surface area contributed by atoms with Crippen molar-refractivity contribution < 1.29 is 9.59 Å². The van der Waals surface area contributed by atoms with Crippen molar-refractivity contribution in [1.29, 1.82) is 0 Å². The normalized spacial score (nSPS) is 10.4. The van der Waals surface area contributed by atoms with Crippen LogP contribution in [0.15, 0.2) is 54.6 Å². The molecule has 2 rings (SSSR count). The lowest BCUT2D eigenvalue weighted by molar-refractivity contribution is -0.115. The van der Waals surface area contributed by atoms with Gasteiger partial charge < -0.3 is 10.6 Å². The third-order valence-corrected chi connectivity index (χ3v) is 3.69. The molecule has 2 amide bonds. The fourth-order valence-electron chi connectivity index (χ4n) is 2.13. The summed E-state index contributed by atoms with van der Waals surface area (Å²) in [6, 6.07) is 14.7. The standard InChI is InChI=1S/C20H21N3O2S/c1-3-21-19(25)16-9-11-17(12-10-16)22-20(26)23-18(24)13-8-15-6-4-14(2)5-7-15/h4-13H,3H2,1-2H3,(H,21,25)(H2,22,23,24,26)/b13-8+. The Balaban J connectivity index is 1.86. The molecule has 0 atom stereocenters. The van der Waals surface area contributed by atoms with Gasteiger partial charge in [-0.05, 0) is 62.0 Å². The zero-order chi connectivity index (χ0) is 18.9. The van der Waals surface area contributed by atoms with Crippen LogP contribution in [0.3, 0.4) is 0 Å². The molecule has 2 aromatic rings. The van der Waals surface area contributed by atoms with Crippen molar-refractivity contribution in [3.63, 3.8) is 0 Å². The highest BCUT2D eigenvalue weighted by atomic mass is 32.1. The number of aryl methyl sites for hydroxylation is 1. The molecule has 0 spiro atoms. The van der Waals surface area contributed by atoms with E-state index in [0.29, 0.717) is 17.8 Å². The third-order valence-electron chi connectivity index (χ3n) is 3.48. The van der Waals surface area contributed by atoms with Crippen LogP contribution in [0.5, 0.6) is 0 Å². The Bertz CT molecular complexity index is 812. The Hall–Kier alpha value is -2.99.